The van der Waals surface area contributed by atoms with Crippen molar-refractivity contribution in [2.45, 2.75) is 23.5 Å². The Morgan fingerprint density at radius 3 is 2.23 bits per heavy atom. The van der Waals surface area contributed by atoms with Crippen molar-refractivity contribution in [1.29, 1.82) is 0 Å². The van der Waals surface area contributed by atoms with Crippen LogP contribution in [0.5, 0.6) is 11.5 Å². The number of nitrogens with one attached hydrogen (secondary N) is 3. The smallest absolute Gasteiger partial charge is 0.272 e. The molecular formula is C34H32ClN3O5S. The molecule has 0 fully saturated rings. The number of para-hydroxylation sites is 1. The van der Waals surface area contributed by atoms with E-state index in [0.29, 0.717) is 45.4 Å². The lowest BCUT2D eigenvalue weighted by atomic mass is 10.1. The molecule has 0 aliphatic carbocycles. The van der Waals surface area contributed by atoms with Crippen LogP contribution in [0.15, 0.2) is 108 Å². The first-order valence-electron chi connectivity index (χ1n) is 13.7. The van der Waals surface area contributed by atoms with Crippen LogP contribution < -0.4 is 25.4 Å². The van der Waals surface area contributed by atoms with Gasteiger partial charge < -0.3 is 25.4 Å². The lowest BCUT2D eigenvalue weighted by Crippen LogP contribution is -2.30. The molecular weight excluding hydrogens is 598 g/mol. The summed E-state index contributed by atoms with van der Waals surface area (Å²) in [6.45, 7) is 1.92. The number of hydrogen-bond acceptors (Lipinski definition) is 6. The molecule has 8 nitrogen and oxygen atoms in total. The summed E-state index contributed by atoms with van der Waals surface area (Å²) in [6.07, 6.45) is 2.13. The minimum Gasteiger partial charge on any atom is -0.496 e. The number of carbonyl (C=O) groups is 3. The molecule has 226 valence electrons. The fourth-order valence-electron chi connectivity index (χ4n) is 4.18. The summed E-state index contributed by atoms with van der Waals surface area (Å²) in [6, 6.07) is 28.0. The normalized spacial score (nSPS) is 11.7. The van der Waals surface area contributed by atoms with Crippen molar-refractivity contribution < 1.29 is 23.9 Å². The number of halogens is 1. The highest BCUT2D eigenvalue weighted by Crippen LogP contribution is 2.31. The van der Waals surface area contributed by atoms with Crippen LogP contribution in [0.3, 0.4) is 0 Å². The van der Waals surface area contributed by atoms with Gasteiger partial charge in [0.05, 0.1) is 24.5 Å². The second-order valence-corrected chi connectivity index (χ2v) is 11.1. The van der Waals surface area contributed by atoms with Crippen LogP contribution in [0.25, 0.3) is 6.08 Å². The number of thioether (sulfide) groups is 1. The average molecular weight is 630 g/mol. The Kier molecular flexibility index (Phi) is 11.5. The number of anilines is 2. The van der Waals surface area contributed by atoms with Crippen LogP contribution in [0.1, 0.15) is 29.3 Å². The molecule has 0 heterocycles. The van der Waals surface area contributed by atoms with Crippen LogP contribution in [0.2, 0.25) is 5.02 Å². The number of ether oxygens (including phenoxy) is 2. The fourth-order valence-corrected chi connectivity index (χ4v) is 5.45. The highest BCUT2D eigenvalue weighted by atomic mass is 35.5. The molecule has 4 aromatic carbocycles. The molecule has 0 radical (unpaired) electrons. The molecule has 0 aliphatic rings. The maximum atomic E-state index is 13.5. The molecule has 0 aliphatic heterocycles. The van der Waals surface area contributed by atoms with E-state index in [0.717, 1.165) is 4.90 Å². The quantitative estimate of drug-likeness (QED) is 0.112. The third kappa shape index (κ3) is 8.65. The van der Waals surface area contributed by atoms with E-state index in [-0.39, 0.29) is 11.6 Å². The summed E-state index contributed by atoms with van der Waals surface area (Å²) in [7, 11) is 3.06. The maximum absolute atomic E-state index is 13.5. The molecule has 4 rings (SSSR count). The Bertz CT molecular complexity index is 1660. The van der Waals surface area contributed by atoms with Crippen LogP contribution in [-0.4, -0.2) is 37.2 Å². The lowest BCUT2D eigenvalue weighted by molar-refractivity contribution is -0.116. The molecule has 1 unspecified atom stereocenters. The molecule has 3 N–H and O–H groups in total. The van der Waals surface area contributed by atoms with E-state index >= 15 is 0 Å². The third-order valence-corrected chi connectivity index (χ3v) is 8.07. The van der Waals surface area contributed by atoms with Gasteiger partial charge in [-0.2, -0.15) is 0 Å². The zero-order chi connectivity index (χ0) is 31.5. The monoisotopic (exact) mass is 629 g/mol. The molecule has 4 aromatic rings. The van der Waals surface area contributed by atoms with Gasteiger partial charge in [0.15, 0.2) is 0 Å². The molecule has 0 spiro atoms. The van der Waals surface area contributed by atoms with E-state index in [9.17, 15) is 14.4 Å². The second-order valence-electron chi connectivity index (χ2n) is 9.46. The number of benzene rings is 4. The van der Waals surface area contributed by atoms with Crippen molar-refractivity contribution in [3.05, 3.63) is 119 Å². The largest absolute Gasteiger partial charge is 0.496 e. The molecule has 3 amide bonds. The summed E-state index contributed by atoms with van der Waals surface area (Å²) >= 11 is 7.58. The standard InChI is InChI=1S/C34H32ClN3O5S/c1-4-31(34(41)37-25-17-18-30(43-3)27(35)21-25)44-26-15-10-14-24(20-26)36-33(40)28(19-23-13-8-9-16-29(23)42-2)38-32(39)22-11-6-5-7-12-22/h5-21,31H,4H2,1-3H3,(H,36,40)(H,37,41)(H,38,39)/b28-19+. The minimum absolute atomic E-state index is 0.0328. The van der Waals surface area contributed by atoms with E-state index in [1.54, 1.807) is 78.9 Å². The van der Waals surface area contributed by atoms with Gasteiger partial charge in [0.25, 0.3) is 11.8 Å². The minimum atomic E-state index is -0.525. The maximum Gasteiger partial charge on any atom is 0.272 e. The van der Waals surface area contributed by atoms with E-state index in [1.807, 2.05) is 31.2 Å². The average Bonchev–Trinajstić information content (AvgIpc) is 3.04. The number of carbonyl (C=O) groups excluding carboxylic acids is 3. The zero-order valence-electron chi connectivity index (χ0n) is 24.4. The third-order valence-electron chi connectivity index (χ3n) is 6.42. The van der Waals surface area contributed by atoms with Crippen LogP contribution in [-0.2, 0) is 9.59 Å². The Labute approximate surface area is 265 Å². The number of rotatable bonds is 12. The number of hydrogen-bond donors (Lipinski definition) is 3. The van der Waals surface area contributed by atoms with Gasteiger partial charge in [-0.15, -0.1) is 11.8 Å². The molecule has 0 aromatic heterocycles. The zero-order valence-corrected chi connectivity index (χ0v) is 26.0. The van der Waals surface area contributed by atoms with Crippen LogP contribution in [0, 0.1) is 0 Å². The lowest BCUT2D eigenvalue weighted by Gasteiger charge is -2.16. The van der Waals surface area contributed by atoms with Gasteiger partial charge in [-0.3, -0.25) is 14.4 Å². The van der Waals surface area contributed by atoms with Crippen molar-refractivity contribution in [1.82, 2.24) is 5.32 Å². The Hall–Kier alpha value is -4.73. The molecule has 10 heteroatoms. The SMILES string of the molecule is CCC(Sc1cccc(NC(=O)/C(=C\c2ccccc2OC)NC(=O)c2ccccc2)c1)C(=O)Nc1ccc(OC)c(Cl)c1. The van der Waals surface area contributed by atoms with Crippen molar-refractivity contribution >= 4 is 58.5 Å². The Morgan fingerprint density at radius 1 is 0.818 bits per heavy atom. The van der Waals surface area contributed by atoms with Gasteiger partial charge in [-0.1, -0.05) is 61.0 Å². The van der Waals surface area contributed by atoms with Crippen LogP contribution >= 0.6 is 23.4 Å². The van der Waals surface area contributed by atoms with Crippen LogP contribution in [0.4, 0.5) is 11.4 Å². The summed E-state index contributed by atoms with van der Waals surface area (Å²) < 4.78 is 10.6. The summed E-state index contributed by atoms with van der Waals surface area (Å²) in [4.78, 5) is 40.4. The van der Waals surface area contributed by atoms with Crippen molar-refractivity contribution in [3.63, 3.8) is 0 Å². The van der Waals surface area contributed by atoms with Gasteiger partial charge in [0.2, 0.25) is 5.91 Å². The highest BCUT2D eigenvalue weighted by molar-refractivity contribution is 8.00. The first-order chi connectivity index (χ1) is 21.3. The molecule has 0 saturated heterocycles. The van der Waals surface area contributed by atoms with Gasteiger partial charge in [0.1, 0.15) is 17.2 Å². The van der Waals surface area contributed by atoms with Gasteiger partial charge >= 0.3 is 0 Å². The Balaban J connectivity index is 1.51. The van der Waals surface area contributed by atoms with Gasteiger partial charge in [-0.25, -0.2) is 0 Å². The van der Waals surface area contributed by atoms with Crippen molar-refractivity contribution in [3.8, 4) is 11.5 Å². The Morgan fingerprint density at radius 2 is 1.52 bits per heavy atom. The summed E-state index contributed by atoms with van der Waals surface area (Å²) in [5.41, 5.74) is 2.12. The second kappa shape index (κ2) is 15.7. The summed E-state index contributed by atoms with van der Waals surface area (Å²) in [5, 5.41) is 8.50. The van der Waals surface area contributed by atoms with Crippen molar-refractivity contribution in [2.75, 3.05) is 24.9 Å². The first kappa shape index (κ1) is 32.2. The van der Waals surface area contributed by atoms with Gasteiger partial charge in [-0.05, 0) is 67.1 Å². The topological polar surface area (TPSA) is 106 Å². The first-order valence-corrected chi connectivity index (χ1v) is 15.0. The molecule has 0 saturated carbocycles. The van der Waals surface area contributed by atoms with E-state index in [4.69, 9.17) is 21.1 Å². The molecule has 0 bridgehead atoms. The number of amides is 3. The molecule has 1 atom stereocenters. The van der Waals surface area contributed by atoms with Crippen molar-refractivity contribution in [2.24, 2.45) is 0 Å². The van der Waals surface area contributed by atoms with Gasteiger partial charge in [0, 0.05) is 27.4 Å². The van der Waals surface area contributed by atoms with E-state index in [2.05, 4.69) is 16.0 Å². The van der Waals surface area contributed by atoms with E-state index < -0.39 is 17.1 Å². The van der Waals surface area contributed by atoms with E-state index in [1.165, 1.54) is 26.0 Å². The highest BCUT2D eigenvalue weighted by Gasteiger charge is 2.20. The summed E-state index contributed by atoms with van der Waals surface area (Å²) in [5.74, 6) is -0.0695. The number of methoxy groups -OCH3 is 2. The predicted octanol–water partition coefficient (Wildman–Crippen LogP) is 7.28. The fraction of sp³-hybridized carbons (Fsp3) is 0.147. The predicted molar refractivity (Wildman–Crippen MR) is 177 cm³/mol. The molecule has 44 heavy (non-hydrogen) atoms.